The average molecular weight is 404 g/mol. The Morgan fingerprint density at radius 3 is 2.71 bits per heavy atom. The van der Waals surface area contributed by atoms with Crippen molar-refractivity contribution in [1.29, 1.82) is 5.26 Å². The van der Waals surface area contributed by atoms with Gasteiger partial charge in [-0.2, -0.15) is 14.0 Å². The summed E-state index contributed by atoms with van der Waals surface area (Å²) in [5.41, 5.74) is 0.761. The van der Waals surface area contributed by atoms with Gasteiger partial charge in [-0.05, 0) is 48.0 Å². The molecule has 2 aromatic rings. The molecule has 2 aromatic carbocycles. The summed E-state index contributed by atoms with van der Waals surface area (Å²) in [6, 6.07) is 11.0. The summed E-state index contributed by atoms with van der Waals surface area (Å²) in [6.45, 7) is 0.0598. The molecular formula is C19H14F2N2O4S. The number of fused-ring (bicyclic) bond motifs is 1. The number of hydrogen-bond acceptors (Lipinski definition) is 6. The van der Waals surface area contributed by atoms with Crippen LogP contribution in [-0.2, 0) is 4.79 Å². The summed E-state index contributed by atoms with van der Waals surface area (Å²) in [6.07, 6.45) is 1.39. The first-order valence-corrected chi connectivity index (χ1v) is 8.84. The number of ether oxygens (including phenoxy) is 3. The topological polar surface area (TPSA) is 80.6 Å². The Labute approximate surface area is 163 Å². The Bertz CT molecular complexity index is 956. The lowest BCUT2D eigenvalue weighted by Crippen LogP contribution is -2.13. The SMILES string of the molecule is COc1cc(/C=C(\C#N)C(=O)Nc2ccc(SC(F)F)cc2)cc2c1OCO2. The first kappa shape index (κ1) is 19.5. The van der Waals surface area contributed by atoms with Crippen LogP contribution in [0, 0.1) is 11.3 Å². The molecule has 0 saturated carbocycles. The van der Waals surface area contributed by atoms with Crippen molar-refractivity contribution in [2.45, 2.75) is 10.7 Å². The maximum atomic E-state index is 12.4. The minimum atomic E-state index is -2.52. The van der Waals surface area contributed by atoms with Crippen molar-refractivity contribution >= 4 is 29.4 Å². The predicted molar refractivity (Wildman–Crippen MR) is 99.6 cm³/mol. The minimum Gasteiger partial charge on any atom is -0.493 e. The molecule has 1 amide bonds. The summed E-state index contributed by atoms with van der Waals surface area (Å²) in [7, 11) is 1.47. The van der Waals surface area contributed by atoms with Crippen molar-refractivity contribution in [2.24, 2.45) is 0 Å². The van der Waals surface area contributed by atoms with E-state index in [1.165, 1.54) is 37.5 Å². The Balaban J connectivity index is 1.78. The Kier molecular flexibility index (Phi) is 6.01. The van der Waals surface area contributed by atoms with E-state index in [9.17, 15) is 18.8 Å². The van der Waals surface area contributed by atoms with E-state index in [2.05, 4.69) is 5.32 Å². The number of carbonyl (C=O) groups excluding carboxylic acids is 1. The third-order valence-corrected chi connectivity index (χ3v) is 4.42. The first-order valence-electron chi connectivity index (χ1n) is 7.96. The van der Waals surface area contributed by atoms with Crippen molar-refractivity contribution in [2.75, 3.05) is 19.2 Å². The Hall–Kier alpha value is -3.25. The molecular weight excluding hydrogens is 390 g/mol. The Morgan fingerprint density at radius 1 is 1.32 bits per heavy atom. The van der Waals surface area contributed by atoms with E-state index in [4.69, 9.17) is 14.2 Å². The van der Waals surface area contributed by atoms with Gasteiger partial charge in [-0.25, -0.2) is 0 Å². The second kappa shape index (κ2) is 8.63. The first-order chi connectivity index (χ1) is 13.5. The van der Waals surface area contributed by atoms with Crippen LogP contribution in [-0.4, -0.2) is 25.6 Å². The van der Waals surface area contributed by atoms with Gasteiger partial charge in [0, 0.05) is 10.6 Å². The lowest BCUT2D eigenvalue weighted by molar-refractivity contribution is -0.112. The number of nitriles is 1. The summed E-state index contributed by atoms with van der Waals surface area (Å²) in [5.74, 6) is -1.81. The second-order valence-corrected chi connectivity index (χ2v) is 6.55. The number of nitrogens with one attached hydrogen (secondary N) is 1. The zero-order valence-electron chi connectivity index (χ0n) is 14.6. The summed E-state index contributed by atoms with van der Waals surface area (Å²) in [4.78, 5) is 12.8. The van der Waals surface area contributed by atoms with Gasteiger partial charge in [-0.1, -0.05) is 11.8 Å². The third kappa shape index (κ3) is 4.53. The molecule has 0 bridgehead atoms. The van der Waals surface area contributed by atoms with E-state index < -0.39 is 11.7 Å². The van der Waals surface area contributed by atoms with Crippen LogP contribution < -0.4 is 19.5 Å². The van der Waals surface area contributed by atoms with E-state index in [1.54, 1.807) is 12.1 Å². The van der Waals surface area contributed by atoms with Crippen LogP contribution in [0.25, 0.3) is 6.08 Å². The van der Waals surface area contributed by atoms with E-state index in [0.29, 0.717) is 45.2 Å². The zero-order chi connectivity index (χ0) is 20.1. The monoisotopic (exact) mass is 404 g/mol. The molecule has 1 aliphatic rings. The van der Waals surface area contributed by atoms with Crippen LogP contribution >= 0.6 is 11.8 Å². The lowest BCUT2D eigenvalue weighted by Gasteiger charge is -2.07. The maximum Gasteiger partial charge on any atom is 0.288 e. The van der Waals surface area contributed by atoms with Gasteiger partial charge in [-0.3, -0.25) is 4.79 Å². The van der Waals surface area contributed by atoms with E-state index in [1.807, 2.05) is 6.07 Å². The van der Waals surface area contributed by atoms with Gasteiger partial charge >= 0.3 is 0 Å². The fourth-order valence-corrected chi connectivity index (χ4v) is 2.97. The molecule has 28 heavy (non-hydrogen) atoms. The van der Waals surface area contributed by atoms with Crippen LogP contribution in [0.2, 0.25) is 0 Å². The van der Waals surface area contributed by atoms with Crippen LogP contribution in [0.4, 0.5) is 14.5 Å². The Morgan fingerprint density at radius 2 is 2.07 bits per heavy atom. The average Bonchev–Trinajstić information content (AvgIpc) is 3.15. The smallest absolute Gasteiger partial charge is 0.288 e. The number of carbonyl (C=O) groups is 1. The molecule has 1 aliphatic heterocycles. The van der Waals surface area contributed by atoms with Gasteiger partial charge < -0.3 is 19.5 Å². The quantitative estimate of drug-likeness (QED) is 0.440. The molecule has 0 aromatic heterocycles. The molecule has 0 unspecified atom stereocenters. The van der Waals surface area contributed by atoms with E-state index >= 15 is 0 Å². The molecule has 0 saturated heterocycles. The number of halogens is 2. The van der Waals surface area contributed by atoms with Crippen LogP contribution in [0.5, 0.6) is 17.2 Å². The summed E-state index contributed by atoms with van der Waals surface area (Å²) < 4.78 is 40.6. The molecule has 1 N–H and O–H groups in total. The van der Waals surface area contributed by atoms with Crippen molar-refractivity contribution in [3.05, 3.63) is 47.5 Å². The van der Waals surface area contributed by atoms with Gasteiger partial charge in [0.05, 0.1) is 7.11 Å². The summed E-state index contributed by atoms with van der Waals surface area (Å²) >= 11 is 0.408. The zero-order valence-corrected chi connectivity index (χ0v) is 15.4. The van der Waals surface area contributed by atoms with Crippen LogP contribution in [0.15, 0.2) is 46.9 Å². The highest BCUT2D eigenvalue weighted by molar-refractivity contribution is 7.99. The molecule has 0 spiro atoms. The number of alkyl halides is 2. The van der Waals surface area contributed by atoms with Crippen LogP contribution in [0.1, 0.15) is 5.56 Å². The van der Waals surface area contributed by atoms with Crippen molar-refractivity contribution in [3.8, 4) is 23.3 Å². The third-order valence-electron chi connectivity index (χ3n) is 3.69. The number of anilines is 1. The highest BCUT2D eigenvalue weighted by Gasteiger charge is 2.20. The van der Waals surface area contributed by atoms with Gasteiger partial charge in [0.2, 0.25) is 12.5 Å². The van der Waals surface area contributed by atoms with Gasteiger partial charge in [0.15, 0.2) is 11.5 Å². The van der Waals surface area contributed by atoms with Crippen molar-refractivity contribution in [3.63, 3.8) is 0 Å². The van der Waals surface area contributed by atoms with Gasteiger partial charge in [-0.15, -0.1) is 0 Å². The molecule has 6 nitrogen and oxygen atoms in total. The van der Waals surface area contributed by atoms with E-state index in [0.717, 1.165) is 0 Å². The number of benzene rings is 2. The highest BCUT2D eigenvalue weighted by atomic mass is 32.2. The predicted octanol–water partition coefficient (Wildman–Crippen LogP) is 4.28. The molecule has 9 heteroatoms. The fourth-order valence-electron chi connectivity index (χ4n) is 2.47. The number of nitrogens with zero attached hydrogens (tertiary/aromatic N) is 1. The molecule has 0 atom stereocenters. The van der Waals surface area contributed by atoms with Gasteiger partial charge in [0.1, 0.15) is 11.6 Å². The standard InChI is InChI=1S/C19H14F2N2O4S/c1-25-15-7-11(8-16-17(15)27-10-26-16)6-12(9-22)18(24)23-13-2-4-14(5-3-13)28-19(20)21/h2-8,19H,10H2,1H3,(H,23,24)/b12-6+. The van der Waals surface area contributed by atoms with Crippen LogP contribution in [0.3, 0.4) is 0 Å². The van der Waals surface area contributed by atoms with Crippen molar-refractivity contribution in [1.82, 2.24) is 0 Å². The van der Waals surface area contributed by atoms with E-state index in [-0.39, 0.29) is 12.4 Å². The normalized spacial score (nSPS) is 12.6. The van der Waals surface area contributed by atoms with Gasteiger partial charge in [0.25, 0.3) is 11.7 Å². The molecule has 0 fully saturated rings. The fraction of sp³-hybridized carbons (Fsp3) is 0.158. The number of thioether (sulfide) groups is 1. The molecule has 1 heterocycles. The number of rotatable bonds is 6. The number of hydrogen-bond donors (Lipinski definition) is 1. The minimum absolute atomic E-state index is 0.0598. The van der Waals surface area contributed by atoms with Crippen molar-refractivity contribution < 1.29 is 27.8 Å². The highest BCUT2D eigenvalue weighted by Crippen LogP contribution is 2.42. The maximum absolute atomic E-state index is 12.4. The summed E-state index contributed by atoms with van der Waals surface area (Å²) in [5, 5.41) is 11.9. The lowest BCUT2D eigenvalue weighted by atomic mass is 10.1. The molecule has 0 aliphatic carbocycles. The largest absolute Gasteiger partial charge is 0.493 e. The number of amides is 1. The molecule has 0 radical (unpaired) electrons. The second-order valence-electron chi connectivity index (χ2n) is 5.48. The number of methoxy groups -OCH3 is 1. The molecule has 144 valence electrons. The molecule has 3 rings (SSSR count).